The number of ether oxygens (including phenoxy) is 1. The lowest BCUT2D eigenvalue weighted by Crippen LogP contribution is -2.44. The van der Waals surface area contributed by atoms with Gasteiger partial charge in [0, 0.05) is 49.5 Å². The number of halogens is 1. The van der Waals surface area contributed by atoms with Gasteiger partial charge < -0.3 is 10.1 Å². The zero-order valence-corrected chi connectivity index (χ0v) is 22.4. The second-order valence-electron chi connectivity index (χ2n) is 10.2. The molecule has 3 aromatic heterocycles. The number of hydrogen-bond donors (Lipinski definition) is 1. The van der Waals surface area contributed by atoms with Crippen molar-refractivity contribution in [2.45, 2.75) is 25.9 Å². The van der Waals surface area contributed by atoms with Gasteiger partial charge in [0.15, 0.2) is 0 Å². The molecule has 1 saturated heterocycles. The molecule has 1 aliphatic rings. The second kappa shape index (κ2) is 11.3. The Morgan fingerprint density at radius 3 is 2.50 bits per heavy atom. The van der Waals surface area contributed by atoms with Gasteiger partial charge >= 0.3 is 0 Å². The maximum Gasteiger partial charge on any atom is 0.265 e. The van der Waals surface area contributed by atoms with Gasteiger partial charge in [-0.2, -0.15) is 0 Å². The molecule has 1 amide bonds. The van der Waals surface area contributed by atoms with Gasteiger partial charge in [-0.1, -0.05) is 18.2 Å². The molecule has 5 rings (SSSR count). The van der Waals surface area contributed by atoms with Crippen molar-refractivity contribution in [3.05, 3.63) is 99.6 Å². The monoisotopic (exact) mass is 540 g/mol. The van der Waals surface area contributed by atoms with Crippen LogP contribution in [0.2, 0.25) is 0 Å². The number of carbonyl (C=O) groups excluding carboxylic acids is 1. The van der Waals surface area contributed by atoms with Gasteiger partial charge in [0.2, 0.25) is 5.69 Å². The molecule has 0 unspecified atom stereocenters. The number of aromatic nitrogens is 3. The Balaban J connectivity index is 1.54. The summed E-state index contributed by atoms with van der Waals surface area (Å²) in [6, 6.07) is 12.7. The van der Waals surface area contributed by atoms with Gasteiger partial charge in [-0.05, 0) is 49.7 Å². The molecule has 1 aromatic carbocycles. The zero-order valence-electron chi connectivity index (χ0n) is 22.4. The van der Waals surface area contributed by atoms with Crippen LogP contribution in [-0.4, -0.2) is 58.2 Å². The van der Waals surface area contributed by atoms with E-state index in [4.69, 9.17) is 11.3 Å². The molecule has 40 heavy (non-hydrogen) atoms. The van der Waals surface area contributed by atoms with Crippen molar-refractivity contribution in [2.24, 2.45) is 0 Å². The molecule has 4 aromatic rings. The van der Waals surface area contributed by atoms with Crippen LogP contribution in [0.3, 0.4) is 0 Å². The molecule has 0 spiro atoms. The summed E-state index contributed by atoms with van der Waals surface area (Å²) in [7, 11) is 0. The van der Waals surface area contributed by atoms with Crippen LogP contribution in [0, 0.1) is 12.4 Å². The molecule has 0 bridgehead atoms. The molecule has 1 fully saturated rings. The molecule has 9 nitrogen and oxygen atoms in total. The summed E-state index contributed by atoms with van der Waals surface area (Å²) in [5, 5.41) is 3.55. The number of amides is 1. The minimum Gasteiger partial charge on any atom is -0.379 e. The number of nitrogens with zero attached hydrogens (tertiary/aromatic N) is 5. The predicted octanol–water partition coefficient (Wildman–Crippen LogP) is 4.15. The minimum absolute atomic E-state index is 0.0140. The van der Waals surface area contributed by atoms with Crippen molar-refractivity contribution < 1.29 is 13.9 Å². The van der Waals surface area contributed by atoms with Crippen molar-refractivity contribution in [2.75, 3.05) is 32.8 Å². The lowest BCUT2D eigenvalue weighted by atomic mass is 9.94. The van der Waals surface area contributed by atoms with E-state index in [0.717, 1.165) is 13.1 Å². The average Bonchev–Trinajstić information content (AvgIpc) is 2.96. The first-order valence-electron chi connectivity index (χ1n) is 13.0. The largest absolute Gasteiger partial charge is 0.379 e. The molecular weight excluding hydrogens is 511 g/mol. The van der Waals surface area contributed by atoms with E-state index in [1.54, 1.807) is 54.9 Å². The molecule has 0 radical (unpaired) electrons. The van der Waals surface area contributed by atoms with Crippen LogP contribution in [-0.2, 0) is 16.8 Å². The lowest BCUT2D eigenvalue weighted by Gasteiger charge is -2.28. The van der Waals surface area contributed by atoms with E-state index < -0.39 is 17.0 Å². The van der Waals surface area contributed by atoms with E-state index in [-0.39, 0.29) is 11.4 Å². The second-order valence-corrected chi connectivity index (χ2v) is 10.2. The highest BCUT2D eigenvalue weighted by molar-refractivity contribution is 5.97. The summed E-state index contributed by atoms with van der Waals surface area (Å²) in [5.74, 6) is -0.906. The number of pyridine rings is 3. The molecule has 0 atom stereocenters. The maximum absolute atomic E-state index is 13.7. The highest BCUT2D eigenvalue weighted by Gasteiger charge is 2.26. The van der Waals surface area contributed by atoms with Crippen LogP contribution < -0.4 is 10.9 Å². The van der Waals surface area contributed by atoms with E-state index in [9.17, 15) is 14.0 Å². The lowest BCUT2D eigenvalue weighted by molar-refractivity contribution is 0.0364. The van der Waals surface area contributed by atoms with E-state index in [2.05, 4.69) is 25.0 Å². The topological polar surface area (TPSA) is 93.7 Å². The Kier molecular flexibility index (Phi) is 7.69. The van der Waals surface area contributed by atoms with Gasteiger partial charge in [-0.15, -0.1) is 0 Å². The first kappa shape index (κ1) is 27.1. The number of morpholine rings is 1. The van der Waals surface area contributed by atoms with Gasteiger partial charge in [0.05, 0.1) is 31.0 Å². The van der Waals surface area contributed by atoms with E-state index in [1.165, 1.54) is 18.3 Å². The highest BCUT2D eigenvalue weighted by atomic mass is 19.1. The summed E-state index contributed by atoms with van der Waals surface area (Å²) in [6.45, 7) is 14.5. The Hall–Kier alpha value is -4.46. The van der Waals surface area contributed by atoms with Gasteiger partial charge in [0.1, 0.15) is 17.0 Å². The number of benzene rings is 1. The molecule has 1 N–H and O–H groups in total. The first-order valence-corrected chi connectivity index (χ1v) is 13.0. The number of hydrogen-bond acceptors (Lipinski definition) is 6. The summed E-state index contributed by atoms with van der Waals surface area (Å²) < 4.78 is 20.5. The molecule has 204 valence electrons. The molecule has 4 heterocycles. The summed E-state index contributed by atoms with van der Waals surface area (Å²) >= 11 is 0. The molecular formula is C30H29FN6O3. The third kappa shape index (κ3) is 5.76. The predicted molar refractivity (Wildman–Crippen MR) is 150 cm³/mol. The van der Waals surface area contributed by atoms with Gasteiger partial charge in [-0.25, -0.2) is 14.2 Å². The SMILES string of the molecule is [C-]#[N+]c1ccc(-c2cnc3c(c2)cc(C(=O)NC(C)(C)c2ccc(F)cc2)c(=O)n3CCN2CCOCC2)nc1. The fraction of sp³-hybridized carbons (Fsp3) is 0.300. The number of fused-ring (bicyclic) bond motifs is 1. The van der Waals surface area contributed by atoms with Crippen LogP contribution in [0.25, 0.3) is 27.1 Å². The molecule has 1 aliphatic heterocycles. The summed E-state index contributed by atoms with van der Waals surface area (Å²) in [5.41, 5.74) is 1.60. The molecule has 0 saturated carbocycles. The van der Waals surface area contributed by atoms with Crippen molar-refractivity contribution >= 4 is 22.6 Å². The fourth-order valence-corrected chi connectivity index (χ4v) is 4.75. The van der Waals surface area contributed by atoms with E-state index in [1.807, 2.05) is 6.07 Å². The maximum atomic E-state index is 13.7. The van der Waals surface area contributed by atoms with Crippen molar-refractivity contribution in [1.82, 2.24) is 24.8 Å². The fourth-order valence-electron chi connectivity index (χ4n) is 4.75. The molecule has 10 heteroatoms. The third-order valence-electron chi connectivity index (χ3n) is 7.08. The standard InChI is InChI=1S/C30H29FN6O3/c1-30(2,22-4-6-23(31)7-5-22)35-28(38)25-17-20-16-21(26-9-8-24(32-3)19-33-26)18-34-27(20)37(29(25)39)11-10-36-12-14-40-15-13-36/h4-9,16-19H,10-15H2,1-2H3,(H,35,38). The smallest absolute Gasteiger partial charge is 0.265 e. The summed E-state index contributed by atoms with van der Waals surface area (Å²) in [4.78, 5) is 41.8. The van der Waals surface area contributed by atoms with Gasteiger partial charge in [-0.3, -0.25) is 24.0 Å². The zero-order chi connectivity index (χ0) is 28.3. The summed E-state index contributed by atoms with van der Waals surface area (Å²) in [6.07, 6.45) is 3.14. The third-order valence-corrected chi connectivity index (χ3v) is 7.08. The minimum atomic E-state index is -0.862. The Labute approximate surface area is 231 Å². The Morgan fingerprint density at radius 1 is 1.07 bits per heavy atom. The van der Waals surface area contributed by atoms with Crippen LogP contribution in [0.1, 0.15) is 29.8 Å². The van der Waals surface area contributed by atoms with Gasteiger partial charge in [0.25, 0.3) is 11.5 Å². The average molecular weight is 541 g/mol. The number of nitrogens with one attached hydrogen (secondary N) is 1. The molecule has 0 aliphatic carbocycles. The van der Waals surface area contributed by atoms with Crippen molar-refractivity contribution in [1.29, 1.82) is 0 Å². The Bertz CT molecular complexity index is 1640. The van der Waals surface area contributed by atoms with E-state index in [0.29, 0.717) is 59.8 Å². The number of rotatable bonds is 7. The van der Waals surface area contributed by atoms with Crippen LogP contribution >= 0.6 is 0 Å². The Morgan fingerprint density at radius 2 is 1.82 bits per heavy atom. The quantitative estimate of drug-likeness (QED) is 0.354. The van der Waals surface area contributed by atoms with Crippen molar-refractivity contribution in [3.8, 4) is 11.3 Å². The van der Waals surface area contributed by atoms with Crippen LogP contribution in [0.15, 0.2) is 65.7 Å². The van der Waals surface area contributed by atoms with E-state index >= 15 is 0 Å². The van der Waals surface area contributed by atoms with Crippen LogP contribution in [0.4, 0.5) is 10.1 Å². The highest BCUT2D eigenvalue weighted by Crippen LogP contribution is 2.24. The normalized spacial score (nSPS) is 14.2. The van der Waals surface area contributed by atoms with Crippen molar-refractivity contribution in [3.63, 3.8) is 0 Å². The number of carbonyl (C=O) groups is 1. The first-order chi connectivity index (χ1) is 19.2. The van der Waals surface area contributed by atoms with Crippen LogP contribution in [0.5, 0.6) is 0 Å².